The van der Waals surface area contributed by atoms with Gasteiger partial charge >= 0.3 is 27.1 Å². The minimum absolute atomic E-state index is 0. The molecule has 6 nitrogen and oxygen atoms in total. The Balaban J connectivity index is 0.00000544. The number of aromatic nitrogens is 3. The second kappa shape index (κ2) is 14.3. The number of benzene rings is 5. The maximum absolute atomic E-state index is 8.92. The first-order valence-electron chi connectivity index (χ1n) is 21.6. The topological polar surface area (TPSA) is 46.0 Å². The molecule has 0 aliphatic carbocycles. The number of hydrogen-bond donors (Lipinski definition) is 0. The van der Waals surface area contributed by atoms with Crippen LogP contribution >= 0.6 is 0 Å². The van der Waals surface area contributed by atoms with Crippen molar-refractivity contribution in [3.05, 3.63) is 162 Å². The quantitative estimate of drug-likeness (QED) is 0.123. The molecule has 0 amide bonds. The summed E-state index contributed by atoms with van der Waals surface area (Å²) in [6.45, 7) is 9.87. The van der Waals surface area contributed by atoms with Crippen LogP contribution < -0.4 is 13.9 Å². The molecule has 0 bridgehead atoms. The summed E-state index contributed by atoms with van der Waals surface area (Å²) in [5.74, 6) is 1.55. The van der Waals surface area contributed by atoms with Crippen molar-refractivity contribution < 1.29 is 35.4 Å². The molecule has 0 atom stereocenters. The number of pyridine rings is 2. The van der Waals surface area contributed by atoms with Gasteiger partial charge in [-0.15, -0.1) is 29.1 Å². The molecule has 276 valence electrons. The molecule has 8 aromatic rings. The third-order valence-corrected chi connectivity index (χ3v) is 9.95. The zero-order valence-corrected chi connectivity index (χ0v) is 34.0. The second-order valence-electron chi connectivity index (χ2n) is 14.9. The minimum atomic E-state index is -2.84. The van der Waals surface area contributed by atoms with E-state index in [1.54, 1.807) is 22.9 Å². The van der Waals surface area contributed by atoms with Gasteiger partial charge in [0, 0.05) is 52.2 Å². The van der Waals surface area contributed by atoms with Gasteiger partial charge in [0.15, 0.2) is 0 Å². The monoisotopic (exact) mass is 917 g/mol. The molecule has 0 radical (unpaired) electrons. The van der Waals surface area contributed by atoms with Crippen molar-refractivity contribution in [3.63, 3.8) is 0 Å². The maximum Gasteiger partial charge on any atom is 2.00 e. The van der Waals surface area contributed by atoms with Gasteiger partial charge in [-0.25, -0.2) is 4.98 Å². The van der Waals surface area contributed by atoms with Crippen molar-refractivity contribution in [3.8, 4) is 28.4 Å². The van der Waals surface area contributed by atoms with Gasteiger partial charge in [0.2, 0.25) is 5.69 Å². The molecule has 0 spiro atoms. The Morgan fingerprint density at radius 3 is 2.27 bits per heavy atom. The average Bonchev–Trinajstić information content (AvgIpc) is 3.75. The summed E-state index contributed by atoms with van der Waals surface area (Å²) >= 11 is 0. The Morgan fingerprint density at radius 2 is 1.54 bits per heavy atom. The molecule has 0 saturated carbocycles. The van der Waals surface area contributed by atoms with E-state index in [0.717, 1.165) is 61.0 Å². The Hall–Kier alpha value is -5.93. The van der Waals surface area contributed by atoms with Crippen molar-refractivity contribution in [2.45, 2.75) is 53.8 Å². The first kappa shape index (κ1) is 29.4. The van der Waals surface area contributed by atoms with Crippen LogP contribution in [0.15, 0.2) is 122 Å². The van der Waals surface area contributed by atoms with Gasteiger partial charge in [-0.05, 0) is 83.5 Å². The van der Waals surface area contributed by atoms with Crippen molar-refractivity contribution in [1.82, 2.24) is 23.7 Å². The van der Waals surface area contributed by atoms with E-state index in [1.165, 1.54) is 4.58 Å². The van der Waals surface area contributed by atoms with Crippen LogP contribution in [0.2, 0.25) is 0 Å². The molecule has 3 aromatic heterocycles. The summed E-state index contributed by atoms with van der Waals surface area (Å²) in [4.78, 5) is 9.26. The van der Waals surface area contributed by atoms with Gasteiger partial charge in [0.25, 0.3) is 11.4 Å². The Labute approximate surface area is 352 Å². The zero-order chi connectivity index (χ0) is 44.0. The summed E-state index contributed by atoms with van der Waals surface area (Å²) in [6, 6.07) is 33.5. The van der Waals surface area contributed by atoms with Crippen molar-refractivity contribution in [2.24, 2.45) is 0 Å². The number of hydrogen-bond acceptors (Lipinski definition) is 3. The van der Waals surface area contributed by atoms with Crippen LogP contribution in [0.1, 0.15) is 58.2 Å². The van der Waals surface area contributed by atoms with Crippen LogP contribution in [0.3, 0.4) is 0 Å². The standard InChI is InChI=1S/C49H41N5O.Pt/c1-31-12-14-37(15-13-31)52-30-53(44-11-9-8-10-43(44)52)38-24-35(48-33(3)22-32(2)23-34(48)4)25-40(27-38)55-39-16-17-41-42-19-20-50-29-46(42)54(45(41)28-39)47-26-36(18-21-51-47)49(5,6)7;/h8-26,29H,1-7H3;/q;+2/i1D3,12D,13D,14D,15D;. The Kier molecular flexibility index (Phi) is 7.49. The maximum atomic E-state index is 8.92. The van der Waals surface area contributed by atoms with E-state index in [-0.39, 0.29) is 32.2 Å². The van der Waals surface area contributed by atoms with E-state index in [2.05, 4.69) is 87.4 Å². The molecule has 4 heterocycles. The van der Waals surface area contributed by atoms with Crippen LogP contribution in [-0.2, 0) is 26.5 Å². The third-order valence-electron chi connectivity index (χ3n) is 9.95. The normalized spacial score (nSPS) is 14.4. The molecule has 0 fully saturated rings. The zero-order valence-electron chi connectivity index (χ0n) is 38.7. The molecule has 7 heteroatoms. The number of para-hydroxylation sites is 2. The largest absolute Gasteiger partial charge is 2.00 e. The van der Waals surface area contributed by atoms with Crippen LogP contribution in [0.5, 0.6) is 11.5 Å². The smallest absolute Gasteiger partial charge is 0.509 e. The van der Waals surface area contributed by atoms with Gasteiger partial charge < -0.3 is 9.30 Å². The molecule has 0 saturated heterocycles. The van der Waals surface area contributed by atoms with Gasteiger partial charge in [0.1, 0.15) is 11.5 Å². The number of ether oxygens (including phenoxy) is 1. The second-order valence-corrected chi connectivity index (χ2v) is 14.9. The molecular weight excluding hydrogens is 870 g/mol. The molecule has 5 aromatic carbocycles. The minimum Gasteiger partial charge on any atom is -0.509 e. The van der Waals surface area contributed by atoms with E-state index in [1.807, 2.05) is 60.9 Å². The van der Waals surface area contributed by atoms with Gasteiger partial charge in [-0.2, -0.15) is 6.07 Å². The molecule has 56 heavy (non-hydrogen) atoms. The van der Waals surface area contributed by atoms with Crippen LogP contribution in [0.4, 0.5) is 22.7 Å². The van der Waals surface area contributed by atoms with Crippen LogP contribution in [-0.4, -0.2) is 20.5 Å². The molecule has 0 unspecified atom stereocenters. The third kappa shape index (κ3) is 6.60. The summed E-state index contributed by atoms with van der Waals surface area (Å²) in [5.41, 5.74) is 8.70. The van der Waals surface area contributed by atoms with E-state index < -0.39 is 36.6 Å². The van der Waals surface area contributed by atoms with Crippen molar-refractivity contribution in [2.75, 3.05) is 0 Å². The van der Waals surface area contributed by atoms with Crippen molar-refractivity contribution >= 4 is 50.6 Å². The van der Waals surface area contributed by atoms with Gasteiger partial charge in [-0.3, -0.25) is 4.98 Å². The van der Waals surface area contributed by atoms with Crippen LogP contribution in [0, 0.1) is 39.8 Å². The molecule has 0 N–H and O–H groups in total. The summed E-state index contributed by atoms with van der Waals surface area (Å²) in [7, 11) is 0. The molecule has 1 aliphatic heterocycles. The van der Waals surface area contributed by atoms with E-state index >= 15 is 0 Å². The Bertz CT molecular complexity index is 3220. The fraction of sp³-hybridized carbons (Fsp3) is 0.163. The number of aryl methyl sites for hydroxylation is 3. The summed E-state index contributed by atoms with van der Waals surface area (Å²) < 4.78 is 70.9. The fourth-order valence-corrected chi connectivity index (χ4v) is 7.50. The molecular formula is C49H41N5OPt+2. The fourth-order valence-electron chi connectivity index (χ4n) is 7.50. The first-order valence-corrected chi connectivity index (χ1v) is 18.1. The van der Waals surface area contributed by atoms with E-state index in [0.29, 0.717) is 28.6 Å². The number of fused-ring (bicyclic) bond motifs is 4. The predicted molar refractivity (Wildman–Crippen MR) is 224 cm³/mol. The average molecular weight is 918 g/mol. The number of nitrogens with zero attached hydrogens (tertiary/aromatic N) is 5. The van der Waals surface area contributed by atoms with Crippen LogP contribution in [0.25, 0.3) is 38.8 Å². The van der Waals surface area contributed by atoms with Gasteiger partial charge in [-0.1, -0.05) is 90.5 Å². The molecule has 9 rings (SSSR count). The van der Waals surface area contributed by atoms with E-state index in [9.17, 15) is 0 Å². The summed E-state index contributed by atoms with van der Waals surface area (Å²) in [5, 5.41) is 1.96. The summed E-state index contributed by atoms with van der Waals surface area (Å²) in [6.07, 6.45) is 5.43. The van der Waals surface area contributed by atoms with Gasteiger partial charge in [0.05, 0.1) is 17.2 Å². The SMILES string of the molecule is [2H]c1c([2H])c(C([2H])([2H])[2H])c([2H])c([2H])c1[N+]1=C=[N+](c2[c-]c(Oc3[c-]c4c(cc3)c3ccncc3n4-c3cc(C(C)(C)C)ccn3)cc(-c3c(C)cc(C)cc3C)c2)c2ccccc21.[Pt+2]. The predicted octanol–water partition coefficient (Wildman–Crippen LogP) is 12.0. The molecule has 1 aliphatic rings. The first-order chi connectivity index (χ1) is 29.4. The van der Waals surface area contributed by atoms with Crippen molar-refractivity contribution in [1.29, 1.82) is 0 Å². The number of rotatable bonds is 6. The van der Waals surface area contributed by atoms with E-state index in [4.69, 9.17) is 19.3 Å². The Morgan fingerprint density at radius 1 is 0.786 bits per heavy atom.